The molecule has 0 N–H and O–H groups in total. The monoisotopic (exact) mass is 309 g/mol. The van der Waals surface area contributed by atoms with Crippen molar-refractivity contribution in [3.63, 3.8) is 0 Å². The van der Waals surface area contributed by atoms with Crippen molar-refractivity contribution in [2.75, 3.05) is 46.3 Å². The van der Waals surface area contributed by atoms with E-state index in [1.54, 1.807) is 16.8 Å². The number of ether oxygens (including phenoxy) is 1. The molecule has 0 radical (unpaired) electrons. The van der Waals surface area contributed by atoms with E-state index in [1.165, 1.54) is 6.92 Å². The largest absolute Gasteiger partial charge is 0.444 e. The number of hydrogen-bond acceptors (Lipinski definition) is 4. The van der Waals surface area contributed by atoms with Crippen molar-refractivity contribution < 1.29 is 14.3 Å². The number of nitrogens with zero attached hydrogens (tertiary/aromatic N) is 3. The van der Waals surface area contributed by atoms with Crippen molar-refractivity contribution >= 4 is 12.0 Å². The molecule has 1 aliphatic rings. The summed E-state index contributed by atoms with van der Waals surface area (Å²) in [4.78, 5) is 28.5. The number of amides is 2. The molecular weight excluding hydrogens is 282 g/mol. The van der Waals surface area contributed by atoms with Crippen molar-refractivity contribution in [3.05, 3.63) is 0 Å². The fourth-order valence-electron chi connectivity index (χ4n) is 1.87. The zero-order valence-corrected chi connectivity index (χ0v) is 14.3. The van der Waals surface area contributed by atoms with Gasteiger partial charge in [0.1, 0.15) is 5.60 Å². The van der Waals surface area contributed by atoms with Crippen LogP contribution >= 0.6 is 0 Å². The van der Waals surface area contributed by atoms with Gasteiger partial charge in [-0.2, -0.15) is 0 Å². The summed E-state index contributed by atoms with van der Waals surface area (Å²) >= 11 is 0. The highest BCUT2D eigenvalue weighted by Gasteiger charge is 2.25. The summed E-state index contributed by atoms with van der Waals surface area (Å²) in [6.07, 6.45) is -0.249. The summed E-state index contributed by atoms with van der Waals surface area (Å²) in [6.45, 7) is 11.1. The van der Waals surface area contributed by atoms with E-state index in [2.05, 4.69) is 16.7 Å². The Balaban J connectivity index is 2.30. The molecule has 0 bridgehead atoms. The molecule has 1 rings (SSSR count). The van der Waals surface area contributed by atoms with Crippen LogP contribution in [0, 0.1) is 11.8 Å². The second-order valence-corrected chi connectivity index (χ2v) is 6.47. The van der Waals surface area contributed by atoms with Crippen LogP contribution in [0.3, 0.4) is 0 Å². The first-order valence-electron chi connectivity index (χ1n) is 7.57. The van der Waals surface area contributed by atoms with E-state index in [0.717, 1.165) is 13.1 Å². The number of rotatable bonds is 2. The molecular formula is C16H27N3O3. The third-order valence-electron chi connectivity index (χ3n) is 3.31. The Hall–Kier alpha value is -1.74. The summed E-state index contributed by atoms with van der Waals surface area (Å²) in [5, 5.41) is 0. The number of piperazine rings is 1. The molecule has 0 aromatic heterocycles. The molecule has 6 nitrogen and oxygen atoms in total. The first-order valence-corrected chi connectivity index (χ1v) is 7.57. The smallest absolute Gasteiger partial charge is 0.410 e. The van der Waals surface area contributed by atoms with E-state index in [4.69, 9.17) is 4.74 Å². The topological polar surface area (TPSA) is 53.1 Å². The van der Waals surface area contributed by atoms with E-state index in [9.17, 15) is 9.59 Å². The van der Waals surface area contributed by atoms with Gasteiger partial charge in [0, 0.05) is 40.2 Å². The quantitative estimate of drug-likeness (QED) is 0.715. The maximum absolute atomic E-state index is 11.9. The molecule has 1 aliphatic heterocycles. The molecule has 0 aliphatic carbocycles. The van der Waals surface area contributed by atoms with Crippen molar-refractivity contribution in [2.45, 2.75) is 33.3 Å². The van der Waals surface area contributed by atoms with Crippen molar-refractivity contribution in [1.82, 2.24) is 14.7 Å². The maximum atomic E-state index is 11.9. The predicted molar refractivity (Wildman–Crippen MR) is 85.3 cm³/mol. The van der Waals surface area contributed by atoms with E-state index in [0.29, 0.717) is 26.2 Å². The molecule has 0 aromatic carbocycles. The SMILES string of the molecule is CC(=O)N(C)CC#CCN1CCN(C(=O)OC(C)(C)C)CC1. The van der Waals surface area contributed by atoms with Crippen molar-refractivity contribution in [1.29, 1.82) is 0 Å². The normalized spacial score (nSPS) is 15.8. The minimum absolute atomic E-state index is 0.0141. The van der Waals surface area contributed by atoms with Gasteiger partial charge < -0.3 is 14.5 Å². The molecule has 6 heteroatoms. The molecule has 2 amide bonds. The molecule has 0 saturated carbocycles. The average molecular weight is 309 g/mol. The molecule has 0 spiro atoms. The molecule has 0 unspecified atom stereocenters. The minimum Gasteiger partial charge on any atom is -0.444 e. The zero-order valence-electron chi connectivity index (χ0n) is 14.3. The summed E-state index contributed by atoms with van der Waals surface area (Å²) < 4.78 is 5.36. The Morgan fingerprint density at radius 1 is 1.14 bits per heavy atom. The van der Waals surface area contributed by atoms with Crippen molar-refractivity contribution in [2.24, 2.45) is 0 Å². The number of carbonyl (C=O) groups is 2. The van der Waals surface area contributed by atoms with Crippen LogP contribution in [-0.2, 0) is 9.53 Å². The maximum Gasteiger partial charge on any atom is 0.410 e. The first-order chi connectivity index (χ1) is 10.2. The molecule has 124 valence electrons. The Morgan fingerprint density at radius 2 is 1.73 bits per heavy atom. The third-order valence-corrected chi connectivity index (χ3v) is 3.31. The van der Waals surface area contributed by atoms with E-state index in [-0.39, 0.29) is 12.0 Å². The van der Waals surface area contributed by atoms with Gasteiger partial charge in [-0.05, 0) is 20.8 Å². The van der Waals surface area contributed by atoms with Crippen LogP contribution in [-0.4, -0.2) is 78.6 Å². The fraction of sp³-hybridized carbons (Fsp3) is 0.750. The second-order valence-electron chi connectivity index (χ2n) is 6.47. The van der Waals surface area contributed by atoms with Gasteiger partial charge in [-0.1, -0.05) is 11.8 Å². The summed E-state index contributed by atoms with van der Waals surface area (Å²) in [7, 11) is 1.73. The Bertz CT molecular complexity index is 451. The predicted octanol–water partition coefficient (Wildman–Crippen LogP) is 1.02. The van der Waals surface area contributed by atoms with Crippen LogP contribution in [0.25, 0.3) is 0 Å². The number of hydrogen-bond donors (Lipinski definition) is 0. The molecule has 1 fully saturated rings. The van der Waals surface area contributed by atoms with Gasteiger partial charge in [-0.25, -0.2) is 4.79 Å². The average Bonchev–Trinajstić information content (AvgIpc) is 2.42. The lowest BCUT2D eigenvalue weighted by Gasteiger charge is -2.34. The molecule has 1 saturated heterocycles. The molecule has 22 heavy (non-hydrogen) atoms. The lowest BCUT2D eigenvalue weighted by Crippen LogP contribution is -2.50. The van der Waals surface area contributed by atoms with Gasteiger partial charge in [0.15, 0.2) is 0 Å². The zero-order chi connectivity index (χ0) is 16.8. The van der Waals surface area contributed by atoms with Crippen LogP contribution in [0.15, 0.2) is 0 Å². The van der Waals surface area contributed by atoms with Gasteiger partial charge in [0.2, 0.25) is 5.91 Å². The molecule has 0 aromatic rings. The van der Waals surface area contributed by atoms with Crippen LogP contribution in [0.4, 0.5) is 4.79 Å². The highest BCUT2D eigenvalue weighted by Crippen LogP contribution is 2.11. The van der Waals surface area contributed by atoms with Crippen molar-refractivity contribution in [3.8, 4) is 11.8 Å². The van der Waals surface area contributed by atoms with Gasteiger partial charge >= 0.3 is 6.09 Å². The minimum atomic E-state index is -0.456. The van der Waals surface area contributed by atoms with Crippen LogP contribution in [0.2, 0.25) is 0 Å². The Morgan fingerprint density at radius 3 is 2.23 bits per heavy atom. The van der Waals surface area contributed by atoms with Crippen LogP contribution < -0.4 is 0 Å². The van der Waals surface area contributed by atoms with Crippen LogP contribution in [0.5, 0.6) is 0 Å². The van der Waals surface area contributed by atoms with Gasteiger partial charge in [-0.15, -0.1) is 0 Å². The van der Waals surface area contributed by atoms with E-state index < -0.39 is 5.60 Å². The summed E-state index contributed by atoms with van der Waals surface area (Å²) in [5.74, 6) is 6.07. The Kier molecular flexibility index (Phi) is 6.69. The van der Waals surface area contributed by atoms with Gasteiger partial charge in [-0.3, -0.25) is 9.69 Å². The van der Waals surface area contributed by atoms with E-state index >= 15 is 0 Å². The Labute approximate surface area is 133 Å². The highest BCUT2D eigenvalue weighted by atomic mass is 16.6. The van der Waals surface area contributed by atoms with Crippen LogP contribution in [0.1, 0.15) is 27.7 Å². The van der Waals surface area contributed by atoms with Gasteiger partial charge in [0.25, 0.3) is 0 Å². The highest BCUT2D eigenvalue weighted by molar-refractivity contribution is 5.73. The standard InChI is InChI=1S/C16H27N3O3/c1-14(20)17(5)8-6-7-9-18-10-12-19(13-11-18)15(21)22-16(2,3)4/h8-13H2,1-5H3. The first kappa shape index (κ1) is 18.3. The summed E-state index contributed by atoms with van der Waals surface area (Å²) in [6, 6.07) is 0. The van der Waals surface area contributed by atoms with Gasteiger partial charge in [0.05, 0.1) is 13.1 Å². The lowest BCUT2D eigenvalue weighted by atomic mass is 10.2. The summed E-state index contributed by atoms with van der Waals surface area (Å²) in [5.41, 5.74) is -0.456. The lowest BCUT2D eigenvalue weighted by molar-refractivity contribution is -0.126. The fourth-order valence-corrected chi connectivity index (χ4v) is 1.87. The van der Waals surface area contributed by atoms with E-state index in [1.807, 2.05) is 20.8 Å². The molecule has 1 heterocycles. The number of carbonyl (C=O) groups excluding carboxylic acids is 2. The molecule has 0 atom stereocenters. The third kappa shape index (κ3) is 6.81. The second kappa shape index (κ2) is 8.04.